The summed E-state index contributed by atoms with van der Waals surface area (Å²) < 4.78 is 0. The van der Waals surface area contributed by atoms with E-state index in [2.05, 4.69) is 10.3 Å². The van der Waals surface area contributed by atoms with Crippen molar-refractivity contribution in [2.24, 2.45) is 5.73 Å². The Morgan fingerprint density at radius 1 is 1.69 bits per heavy atom. The highest BCUT2D eigenvalue weighted by atomic mass is 16.1. The maximum absolute atomic E-state index is 10.8. The number of carbonyl (C=O) groups is 1. The number of nitrogens with one attached hydrogen (secondary N) is 1. The van der Waals surface area contributed by atoms with Gasteiger partial charge in [0, 0.05) is 23.8 Å². The van der Waals surface area contributed by atoms with Crippen molar-refractivity contribution in [1.29, 1.82) is 5.26 Å². The first-order chi connectivity index (χ1) is 7.43. The minimum absolute atomic E-state index is 0.219. The van der Waals surface area contributed by atoms with E-state index in [4.69, 9.17) is 11.0 Å². The van der Waals surface area contributed by atoms with E-state index >= 15 is 0 Å². The predicted molar refractivity (Wildman–Crippen MR) is 60.5 cm³/mol. The Morgan fingerprint density at radius 3 is 2.94 bits per heavy atom. The molecule has 84 valence electrons. The van der Waals surface area contributed by atoms with Crippen LogP contribution in [0.1, 0.15) is 26.0 Å². The van der Waals surface area contributed by atoms with Crippen molar-refractivity contribution in [3.05, 3.63) is 24.0 Å². The molecule has 16 heavy (non-hydrogen) atoms. The quantitative estimate of drug-likeness (QED) is 0.789. The number of nitrogens with zero attached hydrogens (tertiary/aromatic N) is 2. The van der Waals surface area contributed by atoms with Gasteiger partial charge in [-0.15, -0.1) is 0 Å². The zero-order chi connectivity index (χ0) is 12.2. The third-order valence-corrected chi connectivity index (χ3v) is 1.97. The van der Waals surface area contributed by atoms with Crippen molar-refractivity contribution in [3.8, 4) is 6.07 Å². The fraction of sp³-hybridized carbons (Fsp3) is 0.364. The molecule has 1 amide bonds. The minimum atomic E-state index is -0.445. The van der Waals surface area contributed by atoms with Crippen LogP contribution in [0.4, 0.5) is 5.69 Å². The first-order valence-electron chi connectivity index (χ1n) is 4.85. The SMILES string of the molecule is CC(C)(CC(N)=O)Nc1ccnc(C#N)c1. The molecule has 1 rings (SSSR count). The number of carbonyl (C=O) groups excluding carboxylic acids is 1. The van der Waals surface area contributed by atoms with Crippen LogP contribution >= 0.6 is 0 Å². The lowest BCUT2D eigenvalue weighted by molar-refractivity contribution is -0.118. The number of anilines is 1. The molecule has 1 aromatic rings. The highest BCUT2D eigenvalue weighted by molar-refractivity contribution is 5.75. The largest absolute Gasteiger partial charge is 0.380 e. The van der Waals surface area contributed by atoms with Crippen LogP contribution in [0.5, 0.6) is 0 Å². The monoisotopic (exact) mass is 218 g/mol. The number of nitrogens with two attached hydrogens (primary N) is 1. The molecule has 0 saturated carbocycles. The van der Waals surface area contributed by atoms with Crippen molar-refractivity contribution in [1.82, 2.24) is 4.98 Å². The summed E-state index contributed by atoms with van der Waals surface area (Å²) in [7, 11) is 0. The molecule has 3 N–H and O–H groups in total. The molecule has 0 atom stereocenters. The maximum Gasteiger partial charge on any atom is 0.219 e. The Balaban J connectivity index is 2.80. The number of nitriles is 1. The van der Waals surface area contributed by atoms with E-state index in [-0.39, 0.29) is 12.3 Å². The lowest BCUT2D eigenvalue weighted by atomic mass is 10.00. The zero-order valence-electron chi connectivity index (χ0n) is 9.32. The second-order valence-electron chi connectivity index (χ2n) is 4.19. The predicted octanol–water partition coefficient (Wildman–Crippen LogP) is 1.02. The van der Waals surface area contributed by atoms with Gasteiger partial charge in [-0.3, -0.25) is 4.79 Å². The third kappa shape index (κ3) is 3.58. The molecule has 0 aromatic carbocycles. The standard InChI is InChI=1S/C11H14N4O/c1-11(2,6-10(13)16)15-8-3-4-14-9(5-8)7-12/h3-5H,6H2,1-2H3,(H2,13,16)(H,14,15). The van der Waals surface area contributed by atoms with Gasteiger partial charge in [0.2, 0.25) is 5.91 Å². The highest BCUT2D eigenvalue weighted by Crippen LogP contribution is 2.17. The van der Waals surface area contributed by atoms with Crippen LogP contribution in [0.15, 0.2) is 18.3 Å². The van der Waals surface area contributed by atoms with E-state index in [0.717, 1.165) is 5.69 Å². The summed E-state index contributed by atoms with van der Waals surface area (Å²) in [5, 5.41) is 11.8. The van der Waals surface area contributed by atoms with Gasteiger partial charge in [-0.25, -0.2) is 4.98 Å². The molecule has 1 aromatic heterocycles. The molecule has 1 heterocycles. The topological polar surface area (TPSA) is 91.8 Å². The van der Waals surface area contributed by atoms with E-state index in [1.165, 1.54) is 0 Å². The van der Waals surface area contributed by atoms with Gasteiger partial charge in [0.15, 0.2) is 0 Å². The normalized spacial score (nSPS) is 10.6. The van der Waals surface area contributed by atoms with Gasteiger partial charge in [-0.05, 0) is 26.0 Å². The summed E-state index contributed by atoms with van der Waals surface area (Å²) in [6.45, 7) is 3.73. The van der Waals surface area contributed by atoms with Crippen LogP contribution in [-0.2, 0) is 4.79 Å². The highest BCUT2D eigenvalue weighted by Gasteiger charge is 2.20. The van der Waals surface area contributed by atoms with Gasteiger partial charge < -0.3 is 11.1 Å². The average Bonchev–Trinajstić information content (AvgIpc) is 2.15. The number of amides is 1. The Kier molecular flexibility index (Phi) is 3.46. The molecule has 0 aliphatic heterocycles. The van der Waals surface area contributed by atoms with E-state index in [1.807, 2.05) is 19.9 Å². The average molecular weight is 218 g/mol. The number of aromatic nitrogens is 1. The molecule has 5 nitrogen and oxygen atoms in total. The molecular formula is C11H14N4O. The number of pyridine rings is 1. The van der Waals surface area contributed by atoms with Gasteiger partial charge in [0.05, 0.1) is 0 Å². The van der Waals surface area contributed by atoms with E-state index < -0.39 is 5.54 Å². The number of primary amides is 1. The van der Waals surface area contributed by atoms with Crippen LogP contribution in [0.3, 0.4) is 0 Å². The van der Waals surface area contributed by atoms with Crippen molar-refractivity contribution in [2.75, 3.05) is 5.32 Å². The second-order valence-corrected chi connectivity index (χ2v) is 4.19. The lowest BCUT2D eigenvalue weighted by Crippen LogP contribution is -2.36. The number of rotatable bonds is 4. The molecule has 0 unspecified atom stereocenters. The van der Waals surface area contributed by atoms with Crippen molar-refractivity contribution in [3.63, 3.8) is 0 Å². The Morgan fingerprint density at radius 2 is 2.38 bits per heavy atom. The summed E-state index contributed by atoms with van der Waals surface area (Å²) in [6.07, 6.45) is 1.76. The van der Waals surface area contributed by atoms with Gasteiger partial charge >= 0.3 is 0 Å². The van der Waals surface area contributed by atoms with Crippen LogP contribution in [-0.4, -0.2) is 16.4 Å². The third-order valence-electron chi connectivity index (χ3n) is 1.97. The Labute approximate surface area is 94.3 Å². The smallest absolute Gasteiger partial charge is 0.219 e. The molecule has 0 spiro atoms. The molecule has 0 aliphatic rings. The van der Waals surface area contributed by atoms with Crippen molar-refractivity contribution in [2.45, 2.75) is 25.8 Å². The molecule has 0 radical (unpaired) electrons. The molecule has 0 aliphatic carbocycles. The summed E-state index contributed by atoms with van der Waals surface area (Å²) >= 11 is 0. The summed E-state index contributed by atoms with van der Waals surface area (Å²) in [6, 6.07) is 5.32. The molecule has 0 bridgehead atoms. The fourth-order valence-electron chi connectivity index (χ4n) is 1.44. The molecular weight excluding hydrogens is 204 g/mol. The Hall–Kier alpha value is -2.09. The van der Waals surface area contributed by atoms with Crippen molar-refractivity contribution < 1.29 is 4.79 Å². The van der Waals surface area contributed by atoms with Crippen LogP contribution in [0.2, 0.25) is 0 Å². The molecule has 0 fully saturated rings. The van der Waals surface area contributed by atoms with Crippen LogP contribution in [0, 0.1) is 11.3 Å². The first kappa shape index (κ1) is 12.0. The maximum atomic E-state index is 10.8. The van der Waals surface area contributed by atoms with Gasteiger partial charge in [0.1, 0.15) is 11.8 Å². The Bertz CT molecular complexity index is 434. The van der Waals surface area contributed by atoms with Crippen LogP contribution < -0.4 is 11.1 Å². The minimum Gasteiger partial charge on any atom is -0.380 e. The van der Waals surface area contributed by atoms with Crippen LogP contribution in [0.25, 0.3) is 0 Å². The number of hydrogen-bond donors (Lipinski definition) is 2. The van der Waals surface area contributed by atoms with Crippen molar-refractivity contribution >= 4 is 11.6 Å². The molecule has 5 heteroatoms. The summed E-state index contributed by atoms with van der Waals surface area (Å²) in [4.78, 5) is 14.7. The lowest BCUT2D eigenvalue weighted by Gasteiger charge is -2.26. The fourth-order valence-corrected chi connectivity index (χ4v) is 1.44. The summed E-state index contributed by atoms with van der Waals surface area (Å²) in [5.41, 5.74) is 5.78. The second kappa shape index (κ2) is 4.62. The van der Waals surface area contributed by atoms with E-state index in [9.17, 15) is 4.79 Å². The first-order valence-corrected chi connectivity index (χ1v) is 4.85. The molecule has 0 saturated heterocycles. The number of hydrogen-bond acceptors (Lipinski definition) is 4. The van der Waals surface area contributed by atoms with E-state index in [0.29, 0.717) is 5.69 Å². The summed E-state index contributed by atoms with van der Waals surface area (Å²) in [5.74, 6) is -0.368. The van der Waals surface area contributed by atoms with Gasteiger partial charge in [0.25, 0.3) is 0 Å². The van der Waals surface area contributed by atoms with E-state index in [1.54, 1.807) is 18.3 Å². The van der Waals surface area contributed by atoms with Gasteiger partial charge in [-0.1, -0.05) is 0 Å². The zero-order valence-corrected chi connectivity index (χ0v) is 9.32. The van der Waals surface area contributed by atoms with Gasteiger partial charge in [-0.2, -0.15) is 5.26 Å².